The first-order valence-electron chi connectivity index (χ1n) is 9.13. The van der Waals surface area contributed by atoms with Gasteiger partial charge >= 0.3 is 0 Å². The van der Waals surface area contributed by atoms with Crippen molar-refractivity contribution < 1.29 is 9.84 Å². The molecule has 5 atom stereocenters. The van der Waals surface area contributed by atoms with Gasteiger partial charge in [-0.25, -0.2) is 0 Å². The lowest BCUT2D eigenvalue weighted by Gasteiger charge is -2.65. The number of rotatable bonds is 1. The van der Waals surface area contributed by atoms with E-state index in [9.17, 15) is 5.11 Å². The van der Waals surface area contributed by atoms with Crippen molar-refractivity contribution in [1.82, 2.24) is 0 Å². The van der Waals surface area contributed by atoms with Crippen molar-refractivity contribution in [2.24, 2.45) is 16.7 Å². The molecule has 126 valence electrons. The maximum atomic E-state index is 11.8. The lowest BCUT2D eigenvalue weighted by atomic mass is 9.43. The van der Waals surface area contributed by atoms with E-state index in [0.29, 0.717) is 5.92 Å². The number of aliphatic hydroxyl groups is 1. The summed E-state index contributed by atoms with van der Waals surface area (Å²) in [4.78, 5) is 0. The van der Waals surface area contributed by atoms with Gasteiger partial charge in [0.05, 0.1) is 17.3 Å². The van der Waals surface area contributed by atoms with E-state index >= 15 is 0 Å². The van der Waals surface area contributed by atoms with E-state index < -0.39 is 5.60 Å². The molecule has 3 rings (SSSR count). The monoisotopic (exact) mass is 306 g/mol. The minimum atomic E-state index is -0.551. The van der Waals surface area contributed by atoms with Crippen molar-refractivity contribution in [3.05, 3.63) is 11.6 Å². The quantitative estimate of drug-likeness (QED) is 0.701. The van der Waals surface area contributed by atoms with Gasteiger partial charge in [0, 0.05) is 5.41 Å². The highest BCUT2D eigenvalue weighted by Crippen LogP contribution is 2.67. The summed E-state index contributed by atoms with van der Waals surface area (Å²) in [7, 11) is 0. The molecular formula is C20H34O2. The van der Waals surface area contributed by atoms with Gasteiger partial charge in [-0.2, -0.15) is 0 Å². The van der Waals surface area contributed by atoms with Crippen molar-refractivity contribution in [2.75, 3.05) is 0 Å². The molecule has 0 spiro atoms. The number of fused-ring (bicyclic) bond motifs is 3. The molecule has 2 heteroatoms. The number of hydrogen-bond acceptors (Lipinski definition) is 2. The number of ether oxygens (including phenoxy) is 1. The minimum absolute atomic E-state index is 0.00899. The Kier molecular flexibility index (Phi) is 3.63. The molecule has 1 saturated heterocycles. The van der Waals surface area contributed by atoms with Crippen LogP contribution in [-0.2, 0) is 4.74 Å². The summed E-state index contributed by atoms with van der Waals surface area (Å²) in [6, 6.07) is 0. The first kappa shape index (κ1) is 16.5. The van der Waals surface area contributed by atoms with E-state index in [1.807, 2.05) is 0 Å². The number of hydrogen-bond donors (Lipinski definition) is 1. The van der Waals surface area contributed by atoms with Crippen LogP contribution in [0.3, 0.4) is 0 Å². The van der Waals surface area contributed by atoms with Gasteiger partial charge in [-0.05, 0) is 69.8 Å². The molecule has 1 heterocycles. The zero-order valence-electron chi connectivity index (χ0n) is 15.3. The third-order valence-electron chi connectivity index (χ3n) is 7.88. The summed E-state index contributed by atoms with van der Waals surface area (Å²) < 4.78 is 6.55. The average Bonchev–Trinajstić information content (AvgIpc) is 2.81. The van der Waals surface area contributed by atoms with Crippen molar-refractivity contribution in [2.45, 2.75) is 97.4 Å². The van der Waals surface area contributed by atoms with E-state index in [1.165, 1.54) is 12.0 Å². The lowest BCUT2D eigenvalue weighted by molar-refractivity contribution is -0.255. The predicted molar refractivity (Wildman–Crippen MR) is 90.7 cm³/mol. The standard InChI is InChI=1S/C20H34O2/c1-7-14(2)15-13-16-18(5)10-8-9-17(3,4)20(18,21)12-11-19(16,6)22-15/h7,15-16,21H,8-13H2,1-6H3/b14-7+/t15-,16+,18+,19+,20+/m0/s1. The van der Waals surface area contributed by atoms with Crippen LogP contribution >= 0.6 is 0 Å². The fourth-order valence-corrected chi connectivity index (χ4v) is 6.15. The molecule has 2 saturated carbocycles. The van der Waals surface area contributed by atoms with Gasteiger partial charge in [-0.15, -0.1) is 0 Å². The third-order valence-corrected chi connectivity index (χ3v) is 7.88. The fourth-order valence-electron chi connectivity index (χ4n) is 6.15. The molecule has 0 bridgehead atoms. The second-order valence-corrected chi connectivity index (χ2v) is 9.26. The van der Waals surface area contributed by atoms with E-state index in [1.54, 1.807) is 0 Å². The normalized spacial score (nSPS) is 51.3. The Bertz CT molecular complexity index is 494. The molecule has 0 unspecified atom stereocenters. The van der Waals surface area contributed by atoms with Gasteiger partial charge in [0.15, 0.2) is 0 Å². The molecule has 1 N–H and O–H groups in total. The van der Waals surface area contributed by atoms with Gasteiger partial charge in [-0.1, -0.05) is 33.3 Å². The van der Waals surface area contributed by atoms with Gasteiger partial charge < -0.3 is 9.84 Å². The minimum Gasteiger partial charge on any atom is -0.389 e. The molecule has 0 amide bonds. The maximum absolute atomic E-state index is 11.8. The van der Waals surface area contributed by atoms with Crippen molar-refractivity contribution >= 4 is 0 Å². The molecule has 3 fully saturated rings. The Morgan fingerprint density at radius 2 is 1.77 bits per heavy atom. The van der Waals surface area contributed by atoms with Gasteiger partial charge in [0.25, 0.3) is 0 Å². The topological polar surface area (TPSA) is 29.5 Å². The van der Waals surface area contributed by atoms with Crippen LogP contribution in [0.5, 0.6) is 0 Å². The van der Waals surface area contributed by atoms with Gasteiger partial charge in [0.2, 0.25) is 0 Å². The summed E-state index contributed by atoms with van der Waals surface area (Å²) in [6.45, 7) is 13.5. The second kappa shape index (κ2) is 4.83. The van der Waals surface area contributed by atoms with Crippen LogP contribution in [0.4, 0.5) is 0 Å². The zero-order valence-corrected chi connectivity index (χ0v) is 15.3. The lowest BCUT2D eigenvalue weighted by Crippen LogP contribution is -2.67. The maximum Gasteiger partial charge on any atom is 0.0793 e. The van der Waals surface area contributed by atoms with Crippen LogP contribution in [0.1, 0.15) is 80.1 Å². The first-order chi connectivity index (χ1) is 10.1. The summed E-state index contributed by atoms with van der Waals surface area (Å²) in [6.07, 6.45) is 8.87. The van der Waals surface area contributed by atoms with Crippen molar-refractivity contribution in [3.8, 4) is 0 Å². The highest BCUT2D eigenvalue weighted by molar-refractivity contribution is 5.21. The fraction of sp³-hybridized carbons (Fsp3) is 0.900. The third kappa shape index (κ3) is 1.92. The van der Waals surface area contributed by atoms with Crippen molar-refractivity contribution in [1.29, 1.82) is 0 Å². The van der Waals surface area contributed by atoms with Crippen LogP contribution < -0.4 is 0 Å². The Balaban J connectivity index is 2.01. The highest BCUT2D eigenvalue weighted by Gasteiger charge is 2.68. The molecule has 1 aliphatic heterocycles. The van der Waals surface area contributed by atoms with Crippen LogP contribution in [0.2, 0.25) is 0 Å². The summed E-state index contributed by atoms with van der Waals surface area (Å²) in [5, 5.41) is 11.8. The van der Waals surface area contributed by atoms with E-state index in [2.05, 4.69) is 47.6 Å². The Morgan fingerprint density at radius 1 is 1.09 bits per heavy atom. The largest absolute Gasteiger partial charge is 0.389 e. The van der Waals surface area contributed by atoms with E-state index in [-0.39, 0.29) is 22.5 Å². The Labute approximate surface area is 136 Å². The summed E-state index contributed by atoms with van der Waals surface area (Å²) in [5.41, 5.74) is 0.714. The van der Waals surface area contributed by atoms with E-state index in [4.69, 9.17) is 4.74 Å². The Hall–Kier alpha value is -0.340. The zero-order chi connectivity index (χ0) is 16.4. The van der Waals surface area contributed by atoms with Gasteiger partial charge in [0.1, 0.15) is 0 Å². The van der Waals surface area contributed by atoms with Crippen molar-refractivity contribution in [3.63, 3.8) is 0 Å². The van der Waals surface area contributed by atoms with Crippen LogP contribution in [0.15, 0.2) is 11.6 Å². The number of allylic oxidation sites excluding steroid dienone is 1. The average molecular weight is 306 g/mol. The van der Waals surface area contributed by atoms with E-state index in [0.717, 1.165) is 32.1 Å². The molecule has 0 aromatic heterocycles. The molecule has 0 aromatic carbocycles. The molecule has 0 aromatic rings. The molecule has 2 aliphatic carbocycles. The highest BCUT2D eigenvalue weighted by atomic mass is 16.5. The Morgan fingerprint density at radius 3 is 2.41 bits per heavy atom. The summed E-state index contributed by atoms with van der Waals surface area (Å²) >= 11 is 0. The smallest absolute Gasteiger partial charge is 0.0793 e. The molecule has 2 nitrogen and oxygen atoms in total. The SMILES string of the molecule is C/C=C(\C)[C@@H]1C[C@H]2[C@@](C)(CC[C@@]3(O)C(C)(C)CCC[C@]23C)O1. The second-order valence-electron chi connectivity index (χ2n) is 9.26. The molecule has 22 heavy (non-hydrogen) atoms. The molecule has 3 aliphatic rings. The van der Waals surface area contributed by atoms with Gasteiger partial charge in [-0.3, -0.25) is 0 Å². The molecular weight excluding hydrogens is 272 g/mol. The predicted octanol–water partition coefficient (Wildman–Crippen LogP) is 4.86. The molecule has 0 radical (unpaired) electrons. The van der Waals surface area contributed by atoms with Crippen LogP contribution in [0, 0.1) is 16.7 Å². The summed E-state index contributed by atoms with van der Waals surface area (Å²) in [5.74, 6) is 0.457. The first-order valence-corrected chi connectivity index (χ1v) is 9.13. The van der Waals surface area contributed by atoms with Crippen LogP contribution in [0.25, 0.3) is 0 Å². The van der Waals surface area contributed by atoms with Crippen LogP contribution in [-0.4, -0.2) is 22.4 Å².